The first-order valence-electron chi connectivity index (χ1n) is 7.71. The molecule has 104 valence electrons. The van der Waals surface area contributed by atoms with E-state index in [0.717, 1.165) is 19.0 Å². The van der Waals surface area contributed by atoms with Crippen molar-refractivity contribution in [1.82, 2.24) is 4.90 Å². The Balaban J connectivity index is 1.74. The average molecular weight is 253 g/mol. The Morgan fingerprint density at radius 2 is 1.72 bits per heavy atom. The highest BCUT2D eigenvalue weighted by Gasteiger charge is 2.28. The summed E-state index contributed by atoms with van der Waals surface area (Å²) in [5, 5.41) is 8.74. The number of likely N-dealkylation sites (tertiary alicyclic amines) is 1. The van der Waals surface area contributed by atoms with E-state index in [0.29, 0.717) is 12.3 Å². The van der Waals surface area contributed by atoms with Crippen LogP contribution in [0.5, 0.6) is 0 Å². The molecule has 0 aromatic rings. The fourth-order valence-corrected chi connectivity index (χ4v) is 3.56. The zero-order chi connectivity index (χ0) is 12.8. The Kier molecular flexibility index (Phi) is 5.48. The predicted octanol–water partition coefficient (Wildman–Crippen LogP) is 3.29. The summed E-state index contributed by atoms with van der Waals surface area (Å²) in [7, 11) is 0. The minimum absolute atomic E-state index is 0.350. The normalized spacial score (nSPS) is 27.9. The molecule has 1 heterocycles. The Hall–Kier alpha value is -0.570. The van der Waals surface area contributed by atoms with Gasteiger partial charge < -0.3 is 10.0 Å². The fraction of sp³-hybridized carbons (Fsp3) is 0.933. The largest absolute Gasteiger partial charge is 0.481 e. The van der Waals surface area contributed by atoms with Crippen molar-refractivity contribution in [2.45, 2.75) is 70.3 Å². The molecule has 1 atom stereocenters. The van der Waals surface area contributed by atoms with Crippen molar-refractivity contribution in [3.63, 3.8) is 0 Å². The Morgan fingerprint density at radius 3 is 2.39 bits per heavy atom. The van der Waals surface area contributed by atoms with Gasteiger partial charge >= 0.3 is 5.97 Å². The monoisotopic (exact) mass is 253 g/mol. The van der Waals surface area contributed by atoms with Crippen molar-refractivity contribution >= 4 is 5.97 Å². The van der Waals surface area contributed by atoms with Gasteiger partial charge in [-0.1, -0.05) is 32.1 Å². The number of aliphatic carboxylic acids is 1. The van der Waals surface area contributed by atoms with Gasteiger partial charge in [0.05, 0.1) is 0 Å². The molecule has 3 heteroatoms. The highest BCUT2D eigenvalue weighted by molar-refractivity contribution is 5.66. The van der Waals surface area contributed by atoms with Crippen LogP contribution in [0.2, 0.25) is 0 Å². The molecule has 2 aliphatic rings. The van der Waals surface area contributed by atoms with Crippen molar-refractivity contribution < 1.29 is 9.90 Å². The van der Waals surface area contributed by atoms with Crippen LogP contribution in [0.15, 0.2) is 0 Å². The van der Waals surface area contributed by atoms with Crippen LogP contribution in [0.25, 0.3) is 0 Å². The van der Waals surface area contributed by atoms with E-state index in [1.54, 1.807) is 0 Å². The fourth-order valence-electron chi connectivity index (χ4n) is 3.56. The van der Waals surface area contributed by atoms with Crippen LogP contribution in [0.3, 0.4) is 0 Å². The summed E-state index contributed by atoms with van der Waals surface area (Å²) in [5.41, 5.74) is 0. The number of carboxylic acid groups (broad SMARTS) is 1. The Morgan fingerprint density at radius 1 is 1.06 bits per heavy atom. The molecule has 0 aromatic heterocycles. The molecule has 0 spiro atoms. The maximum absolute atomic E-state index is 10.6. The van der Waals surface area contributed by atoms with E-state index in [9.17, 15) is 4.79 Å². The van der Waals surface area contributed by atoms with E-state index in [4.69, 9.17) is 5.11 Å². The number of hydrogen-bond acceptors (Lipinski definition) is 2. The lowest BCUT2D eigenvalue weighted by molar-refractivity contribution is -0.137. The van der Waals surface area contributed by atoms with Gasteiger partial charge in [0.25, 0.3) is 0 Å². The summed E-state index contributed by atoms with van der Waals surface area (Å²) < 4.78 is 0. The maximum atomic E-state index is 10.6. The molecule has 0 radical (unpaired) electrons. The third-order valence-electron chi connectivity index (χ3n) is 4.67. The molecule has 2 rings (SSSR count). The zero-order valence-corrected chi connectivity index (χ0v) is 11.4. The lowest BCUT2D eigenvalue weighted by Crippen LogP contribution is -2.34. The van der Waals surface area contributed by atoms with Crippen LogP contribution in [0.4, 0.5) is 0 Å². The topological polar surface area (TPSA) is 40.5 Å². The number of hydrogen-bond donors (Lipinski definition) is 1. The number of carbonyl (C=O) groups is 1. The molecule has 0 aromatic carbocycles. The summed E-state index contributed by atoms with van der Waals surface area (Å²) in [6.45, 7) is 2.35. The van der Waals surface area contributed by atoms with Gasteiger partial charge in [-0.15, -0.1) is 0 Å². The van der Waals surface area contributed by atoms with Crippen molar-refractivity contribution in [2.75, 3.05) is 13.1 Å². The predicted molar refractivity (Wildman–Crippen MR) is 72.7 cm³/mol. The van der Waals surface area contributed by atoms with E-state index in [1.165, 1.54) is 57.9 Å². The molecule has 18 heavy (non-hydrogen) atoms. The molecule has 3 nitrogen and oxygen atoms in total. The Labute approximate surface area is 111 Å². The van der Waals surface area contributed by atoms with Gasteiger partial charge in [0, 0.05) is 19.0 Å². The van der Waals surface area contributed by atoms with Crippen LogP contribution in [0, 0.1) is 5.92 Å². The van der Waals surface area contributed by atoms with E-state index in [2.05, 4.69) is 4.90 Å². The second-order valence-electron chi connectivity index (χ2n) is 6.08. The van der Waals surface area contributed by atoms with E-state index in [1.807, 2.05) is 0 Å². The standard InChI is InChI=1S/C15H27NO2/c17-15(18)9-8-13-10-11-16(12-13)14-6-4-2-1-3-5-7-14/h13-14H,1-12H2,(H,17,18). The van der Waals surface area contributed by atoms with Crippen LogP contribution < -0.4 is 0 Å². The van der Waals surface area contributed by atoms with Crippen LogP contribution in [-0.2, 0) is 4.79 Å². The first kappa shape index (κ1) is 13.9. The average Bonchev–Trinajstić information content (AvgIpc) is 2.74. The van der Waals surface area contributed by atoms with Gasteiger partial charge in [-0.05, 0) is 38.1 Å². The SMILES string of the molecule is O=C(O)CCC1CCN(C2CCCCCCC2)C1. The lowest BCUT2D eigenvalue weighted by Gasteiger charge is -2.29. The number of nitrogens with zero attached hydrogens (tertiary/aromatic N) is 1. The Bertz CT molecular complexity index is 259. The summed E-state index contributed by atoms with van der Waals surface area (Å²) in [4.78, 5) is 13.3. The van der Waals surface area contributed by atoms with Crippen molar-refractivity contribution in [3.05, 3.63) is 0 Å². The second kappa shape index (κ2) is 7.13. The quantitative estimate of drug-likeness (QED) is 0.836. The van der Waals surface area contributed by atoms with Crippen LogP contribution in [-0.4, -0.2) is 35.1 Å². The summed E-state index contributed by atoms with van der Waals surface area (Å²) in [6, 6.07) is 0.792. The van der Waals surface area contributed by atoms with Gasteiger partial charge in [0.15, 0.2) is 0 Å². The maximum Gasteiger partial charge on any atom is 0.303 e. The van der Waals surface area contributed by atoms with Crippen LogP contribution in [0.1, 0.15) is 64.2 Å². The molecule has 1 aliphatic heterocycles. The first-order chi connectivity index (χ1) is 8.75. The molecular weight excluding hydrogens is 226 g/mol. The second-order valence-corrected chi connectivity index (χ2v) is 6.08. The van der Waals surface area contributed by atoms with Gasteiger partial charge in [-0.3, -0.25) is 4.79 Å². The van der Waals surface area contributed by atoms with Crippen molar-refractivity contribution in [2.24, 2.45) is 5.92 Å². The molecule has 0 bridgehead atoms. The van der Waals surface area contributed by atoms with E-state index >= 15 is 0 Å². The van der Waals surface area contributed by atoms with Gasteiger partial charge in [-0.25, -0.2) is 0 Å². The van der Waals surface area contributed by atoms with E-state index in [-0.39, 0.29) is 0 Å². The van der Waals surface area contributed by atoms with Crippen LogP contribution >= 0.6 is 0 Å². The summed E-state index contributed by atoms with van der Waals surface area (Å²) in [5.74, 6) is -0.00838. The minimum Gasteiger partial charge on any atom is -0.481 e. The van der Waals surface area contributed by atoms with Gasteiger partial charge in [-0.2, -0.15) is 0 Å². The first-order valence-corrected chi connectivity index (χ1v) is 7.71. The third kappa shape index (κ3) is 4.27. The van der Waals surface area contributed by atoms with Gasteiger partial charge in [0.1, 0.15) is 0 Å². The highest BCUT2D eigenvalue weighted by Crippen LogP contribution is 2.28. The molecular formula is C15H27NO2. The summed E-state index contributed by atoms with van der Waals surface area (Å²) in [6.07, 6.45) is 12.2. The smallest absolute Gasteiger partial charge is 0.303 e. The zero-order valence-electron chi connectivity index (χ0n) is 11.4. The molecule has 0 amide bonds. The molecule has 2 fully saturated rings. The van der Waals surface area contributed by atoms with E-state index < -0.39 is 5.97 Å². The lowest BCUT2D eigenvalue weighted by atomic mass is 9.95. The molecule has 1 unspecified atom stereocenters. The molecule has 1 aliphatic carbocycles. The van der Waals surface area contributed by atoms with Crippen molar-refractivity contribution in [1.29, 1.82) is 0 Å². The number of carboxylic acids is 1. The van der Waals surface area contributed by atoms with Crippen molar-refractivity contribution in [3.8, 4) is 0 Å². The summed E-state index contributed by atoms with van der Waals surface area (Å²) >= 11 is 0. The highest BCUT2D eigenvalue weighted by atomic mass is 16.4. The third-order valence-corrected chi connectivity index (χ3v) is 4.67. The van der Waals surface area contributed by atoms with Gasteiger partial charge in [0.2, 0.25) is 0 Å². The molecule has 1 saturated carbocycles. The number of rotatable bonds is 4. The molecule has 1 saturated heterocycles. The molecule has 1 N–H and O–H groups in total. The minimum atomic E-state index is -0.639.